The van der Waals surface area contributed by atoms with Crippen LogP contribution in [0, 0.1) is 11.7 Å². The number of carbonyl (C=O) groups is 1. The van der Waals surface area contributed by atoms with Gasteiger partial charge in [-0.1, -0.05) is 13.8 Å². The number of halogens is 1. The summed E-state index contributed by atoms with van der Waals surface area (Å²) in [5, 5.41) is 13.6. The average molecular weight is 429 g/mol. The Morgan fingerprint density at radius 1 is 1.38 bits per heavy atom. The molecule has 1 aromatic rings. The Kier molecular flexibility index (Phi) is 6.65. The Labute approximate surface area is 171 Å². The van der Waals surface area contributed by atoms with Crippen LogP contribution in [0.15, 0.2) is 12.1 Å². The van der Waals surface area contributed by atoms with Crippen molar-refractivity contribution >= 4 is 21.8 Å². The minimum Gasteiger partial charge on any atom is -0.506 e. The van der Waals surface area contributed by atoms with Crippen LogP contribution in [-0.4, -0.2) is 56.6 Å². The van der Waals surface area contributed by atoms with Gasteiger partial charge in [-0.05, 0) is 56.0 Å². The van der Waals surface area contributed by atoms with Crippen molar-refractivity contribution in [2.24, 2.45) is 5.92 Å². The fraction of sp³-hybridized carbons (Fsp3) is 0.632. The lowest BCUT2D eigenvalue weighted by Gasteiger charge is -2.33. The lowest BCUT2D eigenvalue weighted by molar-refractivity contribution is -0.117. The zero-order chi connectivity index (χ0) is 21.2. The maximum absolute atomic E-state index is 14.6. The highest BCUT2D eigenvalue weighted by Crippen LogP contribution is 2.34. The molecule has 29 heavy (non-hydrogen) atoms. The van der Waals surface area contributed by atoms with Crippen LogP contribution < -0.4 is 14.3 Å². The number of piperidine rings is 1. The van der Waals surface area contributed by atoms with Crippen LogP contribution in [0.25, 0.3) is 0 Å². The predicted molar refractivity (Wildman–Crippen MR) is 108 cm³/mol. The molecule has 0 bridgehead atoms. The number of anilines is 1. The number of rotatable bonds is 7. The fourth-order valence-corrected chi connectivity index (χ4v) is 4.93. The number of nitrogens with one attached hydrogen (secondary N) is 2. The highest BCUT2D eigenvalue weighted by atomic mass is 32.2. The van der Waals surface area contributed by atoms with Crippen LogP contribution in [-0.2, 0) is 21.5 Å². The Morgan fingerprint density at radius 3 is 2.76 bits per heavy atom. The van der Waals surface area contributed by atoms with Gasteiger partial charge in [-0.25, -0.2) is 13.4 Å². The molecule has 162 valence electrons. The molecule has 0 radical (unpaired) electrons. The molecule has 0 aliphatic carbocycles. The van der Waals surface area contributed by atoms with E-state index in [1.165, 1.54) is 12.1 Å². The van der Waals surface area contributed by atoms with Crippen LogP contribution in [0.2, 0.25) is 0 Å². The molecule has 2 aliphatic rings. The number of benzene rings is 1. The van der Waals surface area contributed by atoms with Crippen molar-refractivity contribution in [1.29, 1.82) is 0 Å². The maximum Gasteiger partial charge on any atom is 0.326 e. The number of likely N-dealkylation sites (tertiary alicyclic amines) is 1. The molecule has 1 atom stereocenters. The van der Waals surface area contributed by atoms with Crippen molar-refractivity contribution in [3.05, 3.63) is 23.5 Å². The first kappa shape index (κ1) is 21.8. The van der Waals surface area contributed by atoms with E-state index in [9.17, 15) is 22.7 Å². The summed E-state index contributed by atoms with van der Waals surface area (Å²) in [6.07, 6.45) is 3.29. The molecule has 10 heteroatoms. The van der Waals surface area contributed by atoms with Crippen molar-refractivity contribution < 1.29 is 22.7 Å². The summed E-state index contributed by atoms with van der Waals surface area (Å²) in [4.78, 5) is 13.8. The van der Waals surface area contributed by atoms with Crippen molar-refractivity contribution in [2.75, 3.05) is 30.5 Å². The zero-order valence-electron chi connectivity index (χ0n) is 16.8. The van der Waals surface area contributed by atoms with Gasteiger partial charge in [-0.3, -0.25) is 4.79 Å². The molecular weight excluding hydrogens is 399 g/mol. The summed E-state index contributed by atoms with van der Waals surface area (Å²) < 4.78 is 40.7. The second-order valence-electron chi connectivity index (χ2n) is 8.19. The van der Waals surface area contributed by atoms with Gasteiger partial charge in [0.1, 0.15) is 18.0 Å². The third kappa shape index (κ3) is 5.37. The van der Waals surface area contributed by atoms with Crippen LogP contribution in [0.3, 0.4) is 0 Å². The highest BCUT2D eigenvalue weighted by Gasteiger charge is 2.37. The third-order valence-corrected chi connectivity index (χ3v) is 6.67. The molecule has 2 heterocycles. The van der Waals surface area contributed by atoms with Crippen LogP contribution in [0.1, 0.15) is 38.7 Å². The molecule has 0 saturated carbocycles. The van der Waals surface area contributed by atoms with E-state index in [-0.39, 0.29) is 6.04 Å². The summed E-state index contributed by atoms with van der Waals surface area (Å²) in [5.74, 6) is -1.50. The number of phenols is 1. The van der Waals surface area contributed by atoms with Gasteiger partial charge in [-0.2, -0.15) is 8.42 Å². The van der Waals surface area contributed by atoms with Crippen LogP contribution in [0.5, 0.6) is 5.75 Å². The lowest BCUT2D eigenvalue weighted by atomic mass is 10.0. The van der Waals surface area contributed by atoms with Crippen LogP contribution >= 0.6 is 0 Å². The van der Waals surface area contributed by atoms with Crippen molar-refractivity contribution in [3.8, 4) is 5.75 Å². The number of carbonyl (C=O) groups excluding carboxylic acids is 1. The van der Waals surface area contributed by atoms with Gasteiger partial charge >= 0.3 is 10.2 Å². The van der Waals surface area contributed by atoms with Gasteiger partial charge in [-0.15, -0.1) is 0 Å². The van der Waals surface area contributed by atoms with Gasteiger partial charge < -0.3 is 15.3 Å². The monoisotopic (exact) mass is 428 g/mol. The molecule has 1 amide bonds. The zero-order valence-corrected chi connectivity index (χ0v) is 17.6. The molecule has 2 fully saturated rings. The van der Waals surface area contributed by atoms with E-state index in [0.717, 1.165) is 38.9 Å². The second kappa shape index (κ2) is 8.85. The van der Waals surface area contributed by atoms with Crippen LogP contribution in [0.4, 0.5) is 10.1 Å². The molecule has 3 N–H and O–H groups in total. The lowest BCUT2D eigenvalue weighted by Crippen LogP contribution is -2.45. The number of hydrogen-bond acceptors (Lipinski definition) is 6. The molecular formula is C19H29FN4O4S. The first-order chi connectivity index (χ1) is 13.7. The first-order valence-electron chi connectivity index (χ1n) is 9.96. The highest BCUT2D eigenvalue weighted by molar-refractivity contribution is 7.92. The van der Waals surface area contributed by atoms with E-state index in [1.807, 2.05) is 0 Å². The smallest absolute Gasteiger partial charge is 0.326 e. The van der Waals surface area contributed by atoms with E-state index in [2.05, 4.69) is 24.1 Å². The maximum atomic E-state index is 14.6. The SMILES string of the molecule is CC(C)CCN1CCC[C@@H](NCc2cc(O)c(N3CC(=O)NS3(=O)=O)c(F)c2)C1. The molecule has 2 aliphatic heterocycles. The van der Waals surface area contributed by atoms with E-state index < -0.39 is 39.9 Å². The standard InChI is InChI=1S/C19H29FN4O4S/c1-13(2)5-7-23-6-3-4-15(11-23)21-10-14-8-16(20)19(17(25)9-14)24-12-18(26)22-29(24,27)28/h8-9,13,15,21,25H,3-7,10-12H2,1-2H3,(H,22,26)/t15-/m1/s1. The summed E-state index contributed by atoms with van der Waals surface area (Å²) in [5.41, 5.74) is 0.00330. The topological polar surface area (TPSA) is 102 Å². The second-order valence-corrected chi connectivity index (χ2v) is 9.78. The van der Waals surface area contributed by atoms with Gasteiger partial charge in [0.2, 0.25) is 0 Å². The third-order valence-electron chi connectivity index (χ3n) is 5.30. The minimum atomic E-state index is -4.18. The summed E-state index contributed by atoms with van der Waals surface area (Å²) in [6.45, 7) is 7.31. The summed E-state index contributed by atoms with van der Waals surface area (Å²) in [6, 6.07) is 2.81. The first-order valence-corrected chi connectivity index (χ1v) is 11.4. The van der Waals surface area contributed by atoms with E-state index in [1.54, 1.807) is 4.72 Å². The average Bonchev–Trinajstić information content (AvgIpc) is 2.90. The predicted octanol–water partition coefficient (Wildman–Crippen LogP) is 1.31. The quantitative estimate of drug-likeness (QED) is 0.605. The van der Waals surface area contributed by atoms with Gasteiger partial charge in [0.15, 0.2) is 5.82 Å². The van der Waals surface area contributed by atoms with Crippen molar-refractivity contribution in [1.82, 2.24) is 14.9 Å². The van der Waals surface area contributed by atoms with Gasteiger partial charge in [0.05, 0.1) is 0 Å². The number of nitrogens with zero attached hydrogens (tertiary/aromatic N) is 2. The van der Waals surface area contributed by atoms with E-state index in [0.29, 0.717) is 22.3 Å². The Hall–Kier alpha value is -1.91. The minimum absolute atomic E-state index is 0.279. The number of amides is 1. The molecule has 0 aromatic heterocycles. The van der Waals surface area contributed by atoms with Crippen molar-refractivity contribution in [3.63, 3.8) is 0 Å². The molecule has 0 spiro atoms. The molecule has 1 aromatic carbocycles. The number of hydrogen-bond donors (Lipinski definition) is 3. The molecule has 0 unspecified atom stereocenters. The molecule has 2 saturated heterocycles. The Bertz CT molecular complexity index is 839. The molecule has 3 rings (SSSR count). The largest absolute Gasteiger partial charge is 0.506 e. The molecule has 8 nitrogen and oxygen atoms in total. The normalized spacial score (nSPS) is 22.3. The number of phenolic OH excluding ortho intramolecular Hbond substituents is 1. The Balaban J connectivity index is 1.63. The van der Waals surface area contributed by atoms with Gasteiger partial charge in [0, 0.05) is 19.1 Å². The summed E-state index contributed by atoms with van der Waals surface area (Å²) in [7, 11) is -4.18. The number of aromatic hydroxyl groups is 1. The fourth-order valence-electron chi connectivity index (χ4n) is 3.76. The van der Waals surface area contributed by atoms with E-state index >= 15 is 0 Å². The van der Waals surface area contributed by atoms with Crippen molar-refractivity contribution in [2.45, 2.75) is 45.7 Å². The van der Waals surface area contributed by atoms with E-state index in [4.69, 9.17) is 0 Å². The summed E-state index contributed by atoms with van der Waals surface area (Å²) >= 11 is 0. The van der Waals surface area contributed by atoms with Gasteiger partial charge in [0.25, 0.3) is 5.91 Å². The Morgan fingerprint density at radius 2 is 2.14 bits per heavy atom.